The summed E-state index contributed by atoms with van der Waals surface area (Å²) in [5.41, 5.74) is 1.54. The number of imide groups is 1. The van der Waals surface area contributed by atoms with Crippen LogP contribution in [0.3, 0.4) is 0 Å². The molecule has 2 heterocycles. The summed E-state index contributed by atoms with van der Waals surface area (Å²) >= 11 is 0. The predicted molar refractivity (Wildman–Crippen MR) is 144 cm³/mol. The van der Waals surface area contributed by atoms with E-state index in [2.05, 4.69) is 10.0 Å². The van der Waals surface area contributed by atoms with E-state index in [1.165, 1.54) is 31.4 Å². The van der Waals surface area contributed by atoms with Crippen LogP contribution >= 0.6 is 0 Å². The third-order valence-electron chi connectivity index (χ3n) is 6.44. The largest absolute Gasteiger partial charge is 0.495 e. The van der Waals surface area contributed by atoms with E-state index in [4.69, 9.17) is 9.47 Å². The third kappa shape index (κ3) is 5.29. The number of methoxy groups -OCH3 is 1. The lowest BCUT2D eigenvalue weighted by Gasteiger charge is -2.31. The Bertz CT molecular complexity index is 1520. The first kappa shape index (κ1) is 26.2. The number of nitrogens with zero attached hydrogens (tertiary/aromatic N) is 2. The molecule has 0 aliphatic carbocycles. The topological polar surface area (TPSA) is 134 Å². The number of sulfonamides is 1. The van der Waals surface area contributed by atoms with Gasteiger partial charge in [0.05, 0.1) is 53.4 Å². The van der Waals surface area contributed by atoms with Crippen LogP contribution < -0.4 is 19.7 Å². The number of amides is 3. The van der Waals surface area contributed by atoms with E-state index >= 15 is 0 Å². The predicted octanol–water partition coefficient (Wildman–Crippen LogP) is 2.57. The Kier molecular flexibility index (Phi) is 7.22. The van der Waals surface area contributed by atoms with E-state index in [0.29, 0.717) is 37.7 Å². The fraction of sp³-hybridized carbons (Fsp3) is 0.222. The van der Waals surface area contributed by atoms with Gasteiger partial charge >= 0.3 is 0 Å². The van der Waals surface area contributed by atoms with Gasteiger partial charge in [0, 0.05) is 13.1 Å². The molecule has 0 unspecified atom stereocenters. The molecule has 0 spiro atoms. The summed E-state index contributed by atoms with van der Waals surface area (Å²) in [7, 11) is -2.63. The van der Waals surface area contributed by atoms with Gasteiger partial charge in [-0.15, -0.1) is 0 Å². The molecule has 0 bridgehead atoms. The number of benzene rings is 3. The van der Waals surface area contributed by atoms with Crippen molar-refractivity contribution >= 4 is 44.8 Å². The molecule has 3 amide bonds. The summed E-state index contributed by atoms with van der Waals surface area (Å²) in [5, 5.41) is 2.72. The Morgan fingerprint density at radius 2 is 1.56 bits per heavy atom. The van der Waals surface area contributed by atoms with Crippen molar-refractivity contribution in [1.82, 2.24) is 4.90 Å². The number of hydrogen-bond donors (Lipinski definition) is 2. The molecule has 2 aliphatic rings. The maximum absolute atomic E-state index is 13.3. The van der Waals surface area contributed by atoms with Gasteiger partial charge in [-0.25, -0.2) is 8.42 Å². The fourth-order valence-electron chi connectivity index (χ4n) is 4.51. The molecule has 0 atom stereocenters. The van der Waals surface area contributed by atoms with Crippen LogP contribution in [0.25, 0.3) is 0 Å². The Balaban J connectivity index is 1.42. The fourth-order valence-corrected chi connectivity index (χ4v) is 5.61. The summed E-state index contributed by atoms with van der Waals surface area (Å²) in [5.74, 6) is -1.42. The first-order valence-corrected chi connectivity index (χ1v) is 13.6. The molecule has 0 radical (unpaired) electrons. The quantitative estimate of drug-likeness (QED) is 0.409. The zero-order valence-corrected chi connectivity index (χ0v) is 21.9. The van der Waals surface area contributed by atoms with Gasteiger partial charge in [-0.3, -0.25) is 24.0 Å². The van der Waals surface area contributed by atoms with Gasteiger partial charge in [0.25, 0.3) is 21.8 Å². The van der Waals surface area contributed by atoms with Gasteiger partial charge in [0.2, 0.25) is 5.91 Å². The minimum absolute atomic E-state index is 0.0959. The monoisotopic (exact) mass is 550 g/mol. The van der Waals surface area contributed by atoms with E-state index in [1.807, 2.05) is 4.90 Å². The number of carbonyl (C=O) groups is 3. The van der Waals surface area contributed by atoms with E-state index < -0.39 is 34.3 Å². The number of carbonyl (C=O) groups excluding carboxylic acids is 3. The van der Waals surface area contributed by atoms with Gasteiger partial charge in [0.15, 0.2) is 0 Å². The first-order valence-electron chi connectivity index (χ1n) is 12.2. The number of fused-ring (bicyclic) bond motifs is 1. The lowest BCUT2D eigenvalue weighted by Crippen LogP contribution is -2.39. The van der Waals surface area contributed by atoms with Crippen molar-refractivity contribution in [1.29, 1.82) is 0 Å². The summed E-state index contributed by atoms with van der Waals surface area (Å²) in [6.45, 7) is 1.49. The zero-order valence-electron chi connectivity index (χ0n) is 21.0. The summed E-state index contributed by atoms with van der Waals surface area (Å²) in [6, 6.07) is 17.4. The van der Waals surface area contributed by atoms with Crippen LogP contribution in [-0.2, 0) is 19.6 Å². The molecule has 2 N–H and O–H groups in total. The smallest absolute Gasteiger partial charge is 0.262 e. The molecule has 3 aromatic rings. The molecule has 2 aliphatic heterocycles. The zero-order chi connectivity index (χ0) is 27.6. The van der Waals surface area contributed by atoms with E-state index in [0.717, 1.165) is 4.90 Å². The highest BCUT2D eigenvalue weighted by molar-refractivity contribution is 7.92. The van der Waals surface area contributed by atoms with Crippen LogP contribution in [0.15, 0.2) is 71.6 Å². The highest BCUT2D eigenvalue weighted by atomic mass is 32.2. The average Bonchev–Trinajstić information content (AvgIpc) is 3.18. The van der Waals surface area contributed by atoms with Crippen LogP contribution in [0.1, 0.15) is 20.7 Å². The van der Waals surface area contributed by atoms with Gasteiger partial charge in [-0.2, -0.15) is 0 Å². The SMILES string of the molecule is COc1ccccc1NS(=O)(=O)c1ccc(N2CCOCC2)c(NC(=O)CN2C(=O)c3ccccc3C2=O)c1. The van der Waals surface area contributed by atoms with Crippen molar-refractivity contribution in [3.63, 3.8) is 0 Å². The average molecular weight is 551 g/mol. The molecule has 12 heteroatoms. The number of ether oxygens (including phenoxy) is 2. The molecule has 11 nitrogen and oxygen atoms in total. The summed E-state index contributed by atoms with van der Waals surface area (Å²) in [6.07, 6.45) is 0. The normalized spacial score (nSPS) is 15.2. The van der Waals surface area contributed by atoms with Crippen molar-refractivity contribution in [3.05, 3.63) is 77.9 Å². The maximum atomic E-state index is 13.3. The molecule has 5 rings (SSSR count). The number of anilines is 3. The molecule has 39 heavy (non-hydrogen) atoms. The second kappa shape index (κ2) is 10.8. The second-order valence-electron chi connectivity index (χ2n) is 8.87. The van der Waals surface area contributed by atoms with Gasteiger partial charge in [-0.05, 0) is 42.5 Å². The molecule has 0 aromatic heterocycles. The summed E-state index contributed by atoms with van der Waals surface area (Å²) in [4.78, 5) is 41.3. The Labute approximate surface area is 225 Å². The van der Waals surface area contributed by atoms with E-state index in [9.17, 15) is 22.8 Å². The van der Waals surface area contributed by atoms with Crippen LogP contribution in [-0.4, -0.2) is 71.0 Å². The van der Waals surface area contributed by atoms with Crippen LogP contribution in [0.2, 0.25) is 0 Å². The number of nitrogens with one attached hydrogen (secondary N) is 2. The van der Waals surface area contributed by atoms with Crippen molar-refractivity contribution < 1.29 is 32.3 Å². The lowest BCUT2D eigenvalue weighted by atomic mass is 10.1. The van der Waals surface area contributed by atoms with Crippen molar-refractivity contribution in [2.45, 2.75) is 4.90 Å². The number of para-hydroxylation sites is 2. The standard InChI is InChI=1S/C27H26N4O7S/c1-37-24-9-5-4-8-21(24)29-39(35,36)18-10-11-23(30-12-14-38-15-13-30)22(16-18)28-25(32)17-31-26(33)19-6-2-3-7-20(19)27(31)34/h2-11,16,29H,12-15,17H2,1H3,(H,28,32). The van der Waals surface area contributed by atoms with E-state index in [-0.39, 0.29) is 27.4 Å². The van der Waals surface area contributed by atoms with Crippen LogP contribution in [0.4, 0.5) is 17.1 Å². The highest BCUT2D eigenvalue weighted by Crippen LogP contribution is 2.32. The van der Waals surface area contributed by atoms with Crippen molar-refractivity contribution in [3.8, 4) is 5.75 Å². The molecule has 0 saturated carbocycles. The second-order valence-corrected chi connectivity index (χ2v) is 10.6. The van der Waals surface area contributed by atoms with Crippen molar-refractivity contribution in [2.75, 3.05) is 54.9 Å². The van der Waals surface area contributed by atoms with Gasteiger partial charge < -0.3 is 19.7 Å². The number of hydrogen-bond acceptors (Lipinski definition) is 8. The molecular formula is C27H26N4O7S. The molecule has 1 fully saturated rings. The molecule has 202 valence electrons. The van der Waals surface area contributed by atoms with Crippen LogP contribution in [0, 0.1) is 0 Å². The van der Waals surface area contributed by atoms with Crippen LogP contribution in [0.5, 0.6) is 5.75 Å². The maximum Gasteiger partial charge on any atom is 0.262 e. The first-order chi connectivity index (χ1) is 18.8. The Morgan fingerprint density at radius 1 is 0.923 bits per heavy atom. The Hall–Kier alpha value is -4.42. The molecule has 1 saturated heterocycles. The highest BCUT2D eigenvalue weighted by Gasteiger charge is 2.36. The minimum Gasteiger partial charge on any atom is -0.495 e. The van der Waals surface area contributed by atoms with Gasteiger partial charge in [0.1, 0.15) is 12.3 Å². The third-order valence-corrected chi connectivity index (χ3v) is 7.80. The van der Waals surface area contributed by atoms with E-state index in [1.54, 1.807) is 42.5 Å². The lowest BCUT2D eigenvalue weighted by molar-refractivity contribution is -0.116. The molecule has 3 aromatic carbocycles. The molecular weight excluding hydrogens is 524 g/mol. The summed E-state index contributed by atoms with van der Waals surface area (Å²) < 4.78 is 39.7. The minimum atomic E-state index is -4.07. The van der Waals surface area contributed by atoms with Crippen molar-refractivity contribution in [2.24, 2.45) is 0 Å². The Morgan fingerprint density at radius 3 is 2.23 bits per heavy atom. The number of morpholine rings is 1. The number of rotatable bonds is 8. The van der Waals surface area contributed by atoms with Gasteiger partial charge in [-0.1, -0.05) is 24.3 Å².